The summed E-state index contributed by atoms with van der Waals surface area (Å²) in [4.78, 5) is 18.9. The number of carbonyl (C=O) groups is 1. The molecule has 2 N–H and O–H groups in total. The predicted octanol–water partition coefficient (Wildman–Crippen LogP) is -0.295. The number of hydrogen-bond acceptors (Lipinski definition) is 3. The molecule has 0 atom stereocenters. The first-order chi connectivity index (χ1) is 7.19. The predicted molar refractivity (Wildman–Crippen MR) is 57.7 cm³/mol. The molecule has 6 heteroatoms. The number of aliphatic imine (C=N–C) groups is 1. The summed E-state index contributed by atoms with van der Waals surface area (Å²) in [6.07, 6.45) is -0.246. The SMILES string of the molecule is CCOC(=O)N1CCN(C(N)=NC)CC1. The van der Waals surface area contributed by atoms with Gasteiger partial charge >= 0.3 is 6.09 Å². The van der Waals surface area contributed by atoms with Crippen LogP contribution in [0.1, 0.15) is 6.92 Å². The van der Waals surface area contributed by atoms with Crippen molar-refractivity contribution in [1.82, 2.24) is 9.80 Å². The molecule has 0 unspecified atom stereocenters. The van der Waals surface area contributed by atoms with Crippen molar-refractivity contribution in [2.45, 2.75) is 6.92 Å². The van der Waals surface area contributed by atoms with Crippen LogP contribution in [-0.2, 0) is 4.74 Å². The highest BCUT2D eigenvalue weighted by Gasteiger charge is 2.22. The second-order valence-electron chi connectivity index (χ2n) is 3.25. The van der Waals surface area contributed by atoms with Gasteiger partial charge in [0, 0.05) is 33.2 Å². The summed E-state index contributed by atoms with van der Waals surface area (Å²) in [5.74, 6) is 0.526. The molecule has 0 bridgehead atoms. The third-order valence-electron chi connectivity index (χ3n) is 2.36. The molecular weight excluding hydrogens is 196 g/mol. The maximum absolute atomic E-state index is 11.4. The van der Waals surface area contributed by atoms with Crippen molar-refractivity contribution >= 4 is 12.1 Å². The largest absolute Gasteiger partial charge is 0.450 e. The monoisotopic (exact) mass is 214 g/mol. The van der Waals surface area contributed by atoms with Gasteiger partial charge < -0.3 is 20.3 Å². The molecule has 6 nitrogen and oxygen atoms in total. The van der Waals surface area contributed by atoms with Crippen LogP contribution in [0.2, 0.25) is 0 Å². The average Bonchev–Trinajstić information content (AvgIpc) is 2.28. The van der Waals surface area contributed by atoms with E-state index in [9.17, 15) is 4.79 Å². The highest BCUT2D eigenvalue weighted by molar-refractivity contribution is 5.78. The van der Waals surface area contributed by atoms with Gasteiger partial charge in [0.15, 0.2) is 5.96 Å². The first kappa shape index (κ1) is 11.6. The molecule has 1 saturated heterocycles. The Balaban J connectivity index is 2.39. The van der Waals surface area contributed by atoms with E-state index in [1.807, 2.05) is 4.90 Å². The number of amides is 1. The third-order valence-corrected chi connectivity index (χ3v) is 2.36. The van der Waals surface area contributed by atoms with E-state index < -0.39 is 0 Å². The first-order valence-corrected chi connectivity index (χ1v) is 5.08. The second-order valence-corrected chi connectivity index (χ2v) is 3.25. The lowest BCUT2D eigenvalue weighted by Gasteiger charge is -2.34. The van der Waals surface area contributed by atoms with Gasteiger partial charge in [0.25, 0.3) is 0 Å². The van der Waals surface area contributed by atoms with Gasteiger partial charge in [0.1, 0.15) is 0 Å². The van der Waals surface area contributed by atoms with E-state index in [0.29, 0.717) is 38.7 Å². The fourth-order valence-corrected chi connectivity index (χ4v) is 1.47. The number of nitrogens with two attached hydrogens (primary N) is 1. The number of guanidine groups is 1. The average molecular weight is 214 g/mol. The third kappa shape index (κ3) is 3.00. The Kier molecular flexibility index (Phi) is 4.20. The van der Waals surface area contributed by atoms with Gasteiger partial charge in [-0.05, 0) is 6.92 Å². The van der Waals surface area contributed by atoms with Crippen LogP contribution in [0.15, 0.2) is 4.99 Å². The summed E-state index contributed by atoms with van der Waals surface area (Å²) in [5, 5.41) is 0. The molecule has 0 radical (unpaired) electrons. The van der Waals surface area contributed by atoms with Gasteiger partial charge in [-0.25, -0.2) is 4.79 Å². The highest BCUT2D eigenvalue weighted by atomic mass is 16.6. The van der Waals surface area contributed by atoms with Gasteiger partial charge in [0.2, 0.25) is 0 Å². The van der Waals surface area contributed by atoms with Crippen molar-refractivity contribution in [1.29, 1.82) is 0 Å². The second kappa shape index (κ2) is 5.43. The van der Waals surface area contributed by atoms with Crippen LogP contribution in [-0.4, -0.2) is 61.7 Å². The molecule has 1 aliphatic rings. The van der Waals surface area contributed by atoms with Crippen LogP contribution in [0.25, 0.3) is 0 Å². The summed E-state index contributed by atoms with van der Waals surface area (Å²) in [6, 6.07) is 0. The fraction of sp³-hybridized carbons (Fsp3) is 0.778. The molecule has 15 heavy (non-hydrogen) atoms. The Morgan fingerprint density at radius 1 is 1.33 bits per heavy atom. The minimum atomic E-state index is -0.246. The zero-order valence-electron chi connectivity index (χ0n) is 9.27. The molecule has 0 aromatic rings. The molecule has 1 rings (SSSR count). The Hall–Kier alpha value is -1.46. The van der Waals surface area contributed by atoms with Gasteiger partial charge in [-0.1, -0.05) is 0 Å². The smallest absolute Gasteiger partial charge is 0.409 e. The number of ether oxygens (including phenoxy) is 1. The number of rotatable bonds is 1. The molecule has 0 saturated carbocycles. The van der Waals surface area contributed by atoms with E-state index in [1.165, 1.54) is 0 Å². The standard InChI is InChI=1S/C9H18N4O2/c1-3-15-9(14)13-6-4-12(5-7-13)8(10)11-2/h3-7H2,1-2H3,(H2,10,11). The maximum Gasteiger partial charge on any atom is 0.409 e. The van der Waals surface area contributed by atoms with Gasteiger partial charge in [-0.3, -0.25) is 4.99 Å². The molecule has 0 aromatic carbocycles. The van der Waals surface area contributed by atoms with Gasteiger partial charge in [-0.2, -0.15) is 0 Å². The van der Waals surface area contributed by atoms with Crippen LogP contribution < -0.4 is 5.73 Å². The quantitative estimate of drug-likeness (QED) is 0.481. The maximum atomic E-state index is 11.4. The molecule has 0 aromatic heterocycles. The highest BCUT2D eigenvalue weighted by Crippen LogP contribution is 2.03. The fourth-order valence-electron chi connectivity index (χ4n) is 1.47. The van der Waals surface area contributed by atoms with E-state index in [1.54, 1.807) is 18.9 Å². The van der Waals surface area contributed by atoms with Crippen LogP contribution in [0.5, 0.6) is 0 Å². The van der Waals surface area contributed by atoms with E-state index >= 15 is 0 Å². The van der Waals surface area contributed by atoms with Crippen molar-refractivity contribution < 1.29 is 9.53 Å². The zero-order chi connectivity index (χ0) is 11.3. The van der Waals surface area contributed by atoms with E-state index in [0.717, 1.165) is 0 Å². The summed E-state index contributed by atoms with van der Waals surface area (Å²) in [5.41, 5.74) is 5.67. The zero-order valence-corrected chi connectivity index (χ0v) is 9.27. The number of piperazine rings is 1. The summed E-state index contributed by atoms with van der Waals surface area (Å²) in [7, 11) is 1.66. The number of hydrogen-bond donors (Lipinski definition) is 1. The topological polar surface area (TPSA) is 71.2 Å². The number of nitrogens with zero attached hydrogens (tertiary/aromatic N) is 3. The first-order valence-electron chi connectivity index (χ1n) is 5.08. The number of carbonyl (C=O) groups excluding carboxylic acids is 1. The van der Waals surface area contributed by atoms with Crippen LogP contribution in [0.4, 0.5) is 4.79 Å². The van der Waals surface area contributed by atoms with Crippen LogP contribution >= 0.6 is 0 Å². The molecule has 0 aliphatic carbocycles. The van der Waals surface area contributed by atoms with Crippen LogP contribution in [0, 0.1) is 0 Å². The molecule has 1 heterocycles. The van der Waals surface area contributed by atoms with E-state index in [4.69, 9.17) is 10.5 Å². The van der Waals surface area contributed by atoms with Crippen LogP contribution in [0.3, 0.4) is 0 Å². The summed E-state index contributed by atoms with van der Waals surface area (Å²) < 4.78 is 4.91. The lowest BCUT2D eigenvalue weighted by Crippen LogP contribution is -2.52. The van der Waals surface area contributed by atoms with Gasteiger partial charge in [0.05, 0.1) is 6.61 Å². The van der Waals surface area contributed by atoms with Crippen molar-refractivity contribution in [3.63, 3.8) is 0 Å². The van der Waals surface area contributed by atoms with Gasteiger partial charge in [-0.15, -0.1) is 0 Å². The molecule has 1 fully saturated rings. The van der Waals surface area contributed by atoms with Crippen molar-refractivity contribution in [3.05, 3.63) is 0 Å². The Labute approximate surface area is 89.7 Å². The minimum Gasteiger partial charge on any atom is -0.450 e. The van der Waals surface area contributed by atoms with Crippen molar-refractivity contribution in [2.24, 2.45) is 10.7 Å². The van der Waals surface area contributed by atoms with Crippen molar-refractivity contribution in [3.8, 4) is 0 Å². The van der Waals surface area contributed by atoms with E-state index in [2.05, 4.69) is 4.99 Å². The Bertz CT molecular complexity index is 246. The van der Waals surface area contributed by atoms with Crippen molar-refractivity contribution in [2.75, 3.05) is 39.8 Å². The normalized spacial score (nSPS) is 17.9. The Morgan fingerprint density at radius 3 is 2.33 bits per heavy atom. The van der Waals surface area contributed by atoms with E-state index in [-0.39, 0.29) is 6.09 Å². The molecule has 1 amide bonds. The summed E-state index contributed by atoms with van der Waals surface area (Å²) in [6.45, 7) is 4.90. The molecule has 0 spiro atoms. The molecular formula is C9H18N4O2. The molecule has 86 valence electrons. The Morgan fingerprint density at radius 2 is 1.87 bits per heavy atom. The molecule has 1 aliphatic heterocycles. The minimum absolute atomic E-state index is 0.246. The lowest BCUT2D eigenvalue weighted by molar-refractivity contribution is 0.0918. The summed E-state index contributed by atoms with van der Waals surface area (Å²) >= 11 is 0. The lowest BCUT2D eigenvalue weighted by atomic mass is 10.3.